The van der Waals surface area contributed by atoms with Crippen molar-refractivity contribution in [2.75, 3.05) is 7.11 Å². The summed E-state index contributed by atoms with van der Waals surface area (Å²) in [5.41, 5.74) is 3.36. The number of rotatable bonds is 4. The fourth-order valence-corrected chi connectivity index (χ4v) is 2.39. The molecule has 118 valence electrons. The molecular formula is C17H17N3O3. The first-order valence-electron chi connectivity index (χ1n) is 7.17. The van der Waals surface area contributed by atoms with Gasteiger partial charge in [-0.25, -0.2) is 4.98 Å². The van der Waals surface area contributed by atoms with Crippen molar-refractivity contribution >= 4 is 0 Å². The van der Waals surface area contributed by atoms with Gasteiger partial charge in [-0.05, 0) is 39.0 Å². The lowest BCUT2D eigenvalue weighted by atomic mass is 10.1. The molecule has 0 fully saturated rings. The van der Waals surface area contributed by atoms with Crippen molar-refractivity contribution in [3.63, 3.8) is 0 Å². The second kappa shape index (κ2) is 6.08. The molecule has 3 rings (SSSR count). The van der Waals surface area contributed by atoms with Crippen LogP contribution in [0.2, 0.25) is 0 Å². The van der Waals surface area contributed by atoms with E-state index >= 15 is 0 Å². The van der Waals surface area contributed by atoms with E-state index in [1.54, 1.807) is 19.5 Å². The van der Waals surface area contributed by atoms with Crippen LogP contribution in [-0.2, 0) is 0 Å². The first-order valence-corrected chi connectivity index (χ1v) is 7.17. The van der Waals surface area contributed by atoms with Crippen LogP contribution in [0.4, 0.5) is 0 Å². The van der Waals surface area contributed by atoms with Crippen LogP contribution >= 0.6 is 0 Å². The quantitative estimate of drug-likeness (QED) is 0.728. The zero-order chi connectivity index (χ0) is 16.4. The first kappa shape index (κ1) is 15.0. The highest BCUT2D eigenvalue weighted by molar-refractivity contribution is 5.69. The Balaban J connectivity index is 2.05. The summed E-state index contributed by atoms with van der Waals surface area (Å²) >= 11 is 0. The summed E-state index contributed by atoms with van der Waals surface area (Å²) in [6, 6.07) is 5.54. The second-order valence-electron chi connectivity index (χ2n) is 5.12. The van der Waals surface area contributed by atoms with Crippen LogP contribution in [0, 0.1) is 20.8 Å². The fourth-order valence-electron chi connectivity index (χ4n) is 2.39. The van der Waals surface area contributed by atoms with Gasteiger partial charge in [-0.1, -0.05) is 5.16 Å². The van der Waals surface area contributed by atoms with E-state index in [4.69, 9.17) is 14.0 Å². The maximum Gasteiger partial charge on any atom is 0.257 e. The number of aryl methyl sites for hydroxylation is 3. The van der Waals surface area contributed by atoms with E-state index in [1.165, 1.54) is 0 Å². The number of pyridine rings is 2. The highest BCUT2D eigenvalue weighted by Crippen LogP contribution is 2.36. The Morgan fingerprint density at radius 2 is 1.87 bits per heavy atom. The van der Waals surface area contributed by atoms with Crippen molar-refractivity contribution in [1.29, 1.82) is 0 Å². The smallest absolute Gasteiger partial charge is 0.257 e. The van der Waals surface area contributed by atoms with Gasteiger partial charge in [0.25, 0.3) is 5.88 Å². The Morgan fingerprint density at radius 3 is 2.52 bits per heavy atom. The van der Waals surface area contributed by atoms with Gasteiger partial charge >= 0.3 is 0 Å². The maximum atomic E-state index is 5.95. The van der Waals surface area contributed by atoms with E-state index in [0.29, 0.717) is 17.4 Å². The number of ether oxygens (including phenoxy) is 2. The van der Waals surface area contributed by atoms with Gasteiger partial charge in [0.2, 0.25) is 0 Å². The molecule has 0 aromatic carbocycles. The summed E-state index contributed by atoms with van der Waals surface area (Å²) in [6.45, 7) is 5.64. The number of hydrogen-bond donors (Lipinski definition) is 0. The molecule has 6 nitrogen and oxygen atoms in total. The number of hydrogen-bond acceptors (Lipinski definition) is 6. The fraction of sp³-hybridized carbons (Fsp3) is 0.235. The minimum atomic E-state index is 0.406. The number of aromatic nitrogens is 3. The molecule has 0 aliphatic rings. The summed E-state index contributed by atoms with van der Waals surface area (Å²) in [5.74, 6) is 2.31. The largest absolute Gasteiger partial charge is 0.478 e. The molecule has 0 atom stereocenters. The lowest BCUT2D eigenvalue weighted by molar-refractivity contribution is 0.363. The summed E-state index contributed by atoms with van der Waals surface area (Å²) in [7, 11) is 1.56. The van der Waals surface area contributed by atoms with Crippen LogP contribution in [-0.4, -0.2) is 22.2 Å². The Morgan fingerprint density at radius 1 is 1.04 bits per heavy atom. The van der Waals surface area contributed by atoms with Gasteiger partial charge in [-0.15, -0.1) is 0 Å². The predicted octanol–water partition coefficient (Wildman–Crippen LogP) is 3.86. The van der Waals surface area contributed by atoms with Gasteiger partial charge in [0.1, 0.15) is 11.5 Å². The average molecular weight is 311 g/mol. The molecule has 0 unspecified atom stereocenters. The molecular weight excluding hydrogens is 294 g/mol. The number of methoxy groups -OCH3 is 1. The van der Waals surface area contributed by atoms with Crippen LogP contribution in [0.5, 0.6) is 17.4 Å². The molecule has 0 N–H and O–H groups in total. The van der Waals surface area contributed by atoms with Crippen LogP contribution in [0.25, 0.3) is 11.1 Å². The molecule has 6 heteroatoms. The Hall–Kier alpha value is -2.89. The topological polar surface area (TPSA) is 70.3 Å². The molecule has 0 saturated carbocycles. The van der Waals surface area contributed by atoms with Gasteiger partial charge in [0, 0.05) is 23.5 Å². The average Bonchev–Trinajstić information content (AvgIpc) is 2.88. The summed E-state index contributed by atoms with van der Waals surface area (Å²) in [5, 5.41) is 3.98. The van der Waals surface area contributed by atoms with Crippen molar-refractivity contribution in [2.24, 2.45) is 0 Å². The second-order valence-corrected chi connectivity index (χ2v) is 5.12. The predicted molar refractivity (Wildman–Crippen MR) is 84.8 cm³/mol. The third kappa shape index (κ3) is 2.88. The standard InChI is InChI=1S/C17H17N3O3/c1-10-14(6-5-7-18-10)22-15-8-13(9-19-17(15)21-4)16-11(2)20-23-12(16)3/h5-9H,1-4H3. The third-order valence-electron chi connectivity index (χ3n) is 3.51. The normalized spacial score (nSPS) is 10.6. The Labute approximate surface area is 134 Å². The van der Waals surface area contributed by atoms with E-state index in [2.05, 4.69) is 15.1 Å². The van der Waals surface area contributed by atoms with E-state index in [-0.39, 0.29) is 0 Å². The monoisotopic (exact) mass is 311 g/mol. The number of nitrogens with zero attached hydrogens (tertiary/aromatic N) is 3. The molecule has 0 bridgehead atoms. The van der Waals surface area contributed by atoms with Crippen molar-refractivity contribution in [3.05, 3.63) is 47.7 Å². The highest BCUT2D eigenvalue weighted by Gasteiger charge is 2.16. The first-order chi connectivity index (χ1) is 11.1. The SMILES string of the molecule is COc1ncc(-c2c(C)noc2C)cc1Oc1cccnc1C. The van der Waals surface area contributed by atoms with Crippen molar-refractivity contribution in [2.45, 2.75) is 20.8 Å². The van der Waals surface area contributed by atoms with E-state index in [0.717, 1.165) is 28.3 Å². The lowest BCUT2D eigenvalue weighted by Crippen LogP contribution is -1.96. The molecule has 0 aliphatic heterocycles. The molecule has 3 heterocycles. The van der Waals surface area contributed by atoms with Crippen LogP contribution in [0.15, 0.2) is 35.1 Å². The molecule has 0 radical (unpaired) electrons. The molecule has 3 aromatic rings. The molecule has 0 spiro atoms. The Kier molecular flexibility index (Phi) is 3.97. The lowest BCUT2D eigenvalue weighted by Gasteiger charge is -2.12. The Bertz CT molecular complexity index is 823. The summed E-state index contributed by atoms with van der Waals surface area (Å²) in [4.78, 5) is 8.54. The summed E-state index contributed by atoms with van der Waals surface area (Å²) < 4.78 is 16.5. The van der Waals surface area contributed by atoms with Gasteiger partial charge < -0.3 is 14.0 Å². The van der Waals surface area contributed by atoms with E-state index in [9.17, 15) is 0 Å². The zero-order valence-corrected chi connectivity index (χ0v) is 13.5. The minimum Gasteiger partial charge on any atom is -0.478 e. The van der Waals surface area contributed by atoms with Gasteiger partial charge in [-0.3, -0.25) is 4.98 Å². The van der Waals surface area contributed by atoms with Crippen LogP contribution < -0.4 is 9.47 Å². The third-order valence-corrected chi connectivity index (χ3v) is 3.51. The van der Waals surface area contributed by atoms with E-state index in [1.807, 2.05) is 39.0 Å². The van der Waals surface area contributed by atoms with Gasteiger partial charge in [-0.2, -0.15) is 0 Å². The van der Waals surface area contributed by atoms with Crippen LogP contribution in [0.1, 0.15) is 17.1 Å². The van der Waals surface area contributed by atoms with Gasteiger partial charge in [0.15, 0.2) is 5.75 Å². The molecule has 0 amide bonds. The molecule has 0 aliphatic carbocycles. The maximum absolute atomic E-state index is 5.95. The summed E-state index contributed by atoms with van der Waals surface area (Å²) in [6.07, 6.45) is 3.44. The van der Waals surface area contributed by atoms with E-state index < -0.39 is 0 Å². The van der Waals surface area contributed by atoms with Crippen molar-refractivity contribution < 1.29 is 14.0 Å². The minimum absolute atomic E-state index is 0.406. The highest BCUT2D eigenvalue weighted by atomic mass is 16.5. The molecule has 23 heavy (non-hydrogen) atoms. The molecule has 3 aromatic heterocycles. The van der Waals surface area contributed by atoms with Crippen molar-refractivity contribution in [1.82, 2.24) is 15.1 Å². The van der Waals surface area contributed by atoms with Gasteiger partial charge in [0.05, 0.1) is 18.5 Å². The molecule has 0 saturated heterocycles. The van der Waals surface area contributed by atoms with Crippen molar-refractivity contribution in [3.8, 4) is 28.5 Å². The zero-order valence-electron chi connectivity index (χ0n) is 13.5. The van der Waals surface area contributed by atoms with Crippen LogP contribution in [0.3, 0.4) is 0 Å².